The van der Waals surface area contributed by atoms with E-state index in [9.17, 15) is 19.0 Å². The van der Waals surface area contributed by atoms with Crippen LogP contribution in [0, 0.1) is 0 Å². The van der Waals surface area contributed by atoms with Crippen molar-refractivity contribution in [3.8, 4) is 0 Å². The van der Waals surface area contributed by atoms with Crippen LogP contribution in [0.4, 0.5) is 0 Å². The Kier molecular flexibility index (Phi) is 32.7. The SMILES string of the molecule is CCCC/C=C/CCCCCCCCCCCC(=O)OC[C@H](COP(=O)([O-])OCC[N+](C)(C)C)OC(=O)CCCCCCCCCCCCC. The molecule has 0 amide bonds. The number of hydrogen-bond donors (Lipinski definition) is 0. The molecule has 0 heterocycles. The van der Waals surface area contributed by atoms with E-state index in [2.05, 4.69) is 26.0 Å². The first-order chi connectivity index (χ1) is 24.0. The average molecular weight is 732 g/mol. The maximum atomic E-state index is 12.6. The number of carbonyl (C=O) groups excluding carboxylic acids is 2. The van der Waals surface area contributed by atoms with Crippen molar-refractivity contribution >= 4 is 19.8 Å². The van der Waals surface area contributed by atoms with Crippen LogP contribution in [0.1, 0.15) is 181 Å². The summed E-state index contributed by atoms with van der Waals surface area (Å²) in [5, 5.41) is 0. The molecule has 2 atom stereocenters. The second-order valence-electron chi connectivity index (χ2n) is 15.0. The smallest absolute Gasteiger partial charge is 0.306 e. The molecule has 0 saturated heterocycles. The summed E-state index contributed by atoms with van der Waals surface area (Å²) in [7, 11) is 1.17. The topological polar surface area (TPSA) is 111 Å². The standard InChI is InChI=1S/C40H78NO8P/c1-6-8-10-12-14-16-18-19-20-21-23-24-26-28-30-32-39(42)46-36-38(37-48-50(44,45)47-35-34-41(3,4)5)49-40(43)33-31-29-27-25-22-17-15-13-11-9-7-2/h12,14,38H,6-11,13,15-37H2,1-5H3/b14-12+/t38-/m1/s1. The zero-order chi connectivity index (χ0) is 37.2. The highest BCUT2D eigenvalue weighted by atomic mass is 31.2. The maximum Gasteiger partial charge on any atom is 0.306 e. The summed E-state index contributed by atoms with van der Waals surface area (Å²) in [6.07, 6.45) is 32.3. The van der Waals surface area contributed by atoms with Crippen LogP contribution < -0.4 is 4.89 Å². The summed E-state index contributed by atoms with van der Waals surface area (Å²) in [4.78, 5) is 37.4. The lowest BCUT2D eigenvalue weighted by Crippen LogP contribution is -2.37. The number of phosphoric ester groups is 1. The molecule has 0 N–H and O–H groups in total. The number of unbranched alkanes of at least 4 members (excludes halogenated alkanes) is 21. The van der Waals surface area contributed by atoms with Gasteiger partial charge in [0.05, 0.1) is 27.7 Å². The number of allylic oxidation sites excluding steroid dienone is 2. The lowest BCUT2D eigenvalue weighted by molar-refractivity contribution is -0.870. The Hall–Kier alpha value is -1.25. The molecule has 10 heteroatoms. The van der Waals surface area contributed by atoms with Crippen molar-refractivity contribution in [1.29, 1.82) is 0 Å². The van der Waals surface area contributed by atoms with E-state index in [0.717, 1.165) is 32.1 Å². The zero-order valence-corrected chi connectivity index (χ0v) is 34.0. The molecule has 0 spiro atoms. The molecule has 0 rings (SSSR count). The van der Waals surface area contributed by atoms with Gasteiger partial charge in [0.15, 0.2) is 6.10 Å². The highest BCUT2D eigenvalue weighted by molar-refractivity contribution is 7.45. The number of nitrogens with zero attached hydrogens (tertiary/aromatic N) is 1. The molecule has 0 aliphatic rings. The highest BCUT2D eigenvalue weighted by Gasteiger charge is 2.21. The molecule has 0 aromatic rings. The van der Waals surface area contributed by atoms with Crippen molar-refractivity contribution < 1.29 is 42.1 Å². The summed E-state index contributed by atoms with van der Waals surface area (Å²) in [6.45, 7) is 4.19. The normalized spacial score (nSPS) is 13.8. The first-order valence-electron chi connectivity index (χ1n) is 20.4. The average Bonchev–Trinajstić information content (AvgIpc) is 3.06. The molecule has 50 heavy (non-hydrogen) atoms. The Morgan fingerprint density at radius 1 is 0.600 bits per heavy atom. The van der Waals surface area contributed by atoms with Gasteiger partial charge in [0, 0.05) is 12.8 Å². The van der Waals surface area contributed by atoms with Crippen LogP contribution in [0.25, 0.3) is 0 Å². The molecule has 0 aromatic carbocycles. The monoisotopic (exact) mass is 732 g/mol. The molecular weight excluding hydrogens is 653 g/mol. The number of rotatable bonds is 37. The van der Waals surface area contributed by atoms with Gasteiger partial charge in [0.2, 0.25) is 0 Å². The second kappa shape index (κ2) is 33.6. The molecule has 0 saturated carbocycles. The molecule has 0 radical (unpaired) electrons. The fourth-order valence-electron chi connectivity index (χ4n) is 5.52. The lowest BCUT2D eigenvalue weighted by atomic mass is 10.1. The molecule has 9 nitrogen and oxygen atoms in total. The van der Waals surface area contributed by atoms with Gasteiger partial charge in [0.25, 0.3) is 7.82 Å². The van der Waals surface area contributed by atoms with Crippen molar-refractivity contribution in [2.24, 2.45) is 0 Å². The van der Waals surface area contributed by atoms with Crippen molar-refractivity contribution in [1.82, 2.24) is 0 Å². The van der Waals surface area contributed by atoms with E-state index in [1.807, 2.05) is 21.1 Å². The number of quaternary nitrogens is 1. The minimum absolute atomic E-state index is 0.0281. The lowest BCUT2D eigenvalue weighted by Gasteiger charge is -2.28. The first-order valence-corrected chi connectivity index (χ1v) is 21.9. The highest BCUT2D eigenvalue weighted by Crippen LogP contribution is 2.38. The Morgan fingerprint density at radius 2 is 1.04 bits per heavy atom. The minimum atomic E-state index is -4.61. The summed E-state index contributed by atoms with van der Waals surface area (Å²) in [5.74, 6) is -0.832. The van der Waals surface area contributed by atoms with E-state index < -0.39 is 26.5 Å². The van der Waals surface area contributed by atoms with Gasteiger partial charge in [-0.05, 0) is 32.1 Å². The van der Waals surface area contributed by atoms with Gasteiger partial charge >= 0.3 is 11.9 Å². The fourth-order valence-corrected chi connectivity index (χ4v) is 6.25. The van der Waals surface area contributed by atoms with Crippen LogP contribution in [0.15, 0.2) is 12.2 Å². The minimum Gasteiger partial charge on any atom is -0.756 e. The fraction of sp³-hybridized carbons (Fsp3) is 0.900. The third kappa shape index (κ3) is 36.5. The predicted molar refractivity (Wildman–Crippen MR) is 204 cm³/mol. The van der Waals surface area contributed by atoms with E-state index in [1.165, 1.54) is 116 Å². The second-order valence-corrected chi connectivity index (χ2v) is 16.4. The predicted octanol–water partition coefficient (Wildman–Crippen LogP) is 10.4. The Labute approximate surface area is 307 Å². The van der Waals surface area contributed by atoms with Crippen molar-refractivity contribution in [3.05, 3.63) is 12.2 Å². The van der Waals surface area contributed by atoms with Gasteiger partial charge in [-0.25, -0.2) is 0 Å². The van der Waals surface area contributed by atoms with E-state index in [4.69, 9.17) is 18.5 Å². The number of hydrogen-bond acceptors (Lipinski definition) is 8. The summed E-state index contributed by atoms with van der Waals surface area (Å²) < 4.78 is 33.8. The molecule has 0 bridgehead atoms. The molecule has 0 fully saturated rings. The summed E-state index contributed by atoms with van der Waals surface area (Å²) >= 11 is 0. The number of carbonyl (C=O) groups is 2. The number of likely N-dealkylation sites (N-methyl/N-ethyl adjacent to an activating group) is 1. The van der Waals surface area contributed by atoms with Crippen LogP contribution in [-0.2, 0) is 32.7 Å². The largest absolute Gasteiger partial charge is 0.756 e. The zero-order valence-electron chi connectivity index (χ0n) is 33.1. The Bertz CT molecular complexity index is 876. The van der Waals surface area contributed by atoms with Gasteiger partial charge < -0.3 is 27.9 Å². The number of phosphoric acid groups is 1. The Balaban J connectivity index is 4.36. The van der Waals surface area contributed by atoms with Gasteiger partial charge in [-0.15, -0.1) is 0 Å². The third-order valence-electron chi connectivity index (χ3n) is 8.79. The van der Waals surface area contributed by atoms with E-state index >= 15 is 0 Å². The molecular formula is C40H78NO8P. The molecule has 0 aliphatic heterocycles. The van der Waals surface area contributed by atoms with Gasteiger partial charge in [-0.2, -0.15) is 0 Å². The van der Waals surface area contributed by atoms with Crippen LogP contribution in [-0.4, -0.2) is 70.0 Å². The van der Waals surface area contributed by atoms with Crippen LogP contribution in [0.2, 0.25) is 0 Å². The molecule has 0 aliphatic carbocycles. The Morgan fingerprint density at radius 3 is 1.54 bits per heavy atom. The number of esters is 2. The maximum absolute atomic E-state index is 12.6. The van der Waals surface area contributed by atoms with Crippen molar-refractivity contribution in [2.75, 3.05) is 47.5 Å². The van der Waals surface area contributed by atoms with E-state index in [1.54, 1.807) is 0 Å². The van der Waals surface area contributed by atoms with Gasteiger partial charge in [-0.3, -0.25) is 14.2 Å². The van der Waals surface area contributed by atoms with Gasteiger partial charge in [-0.1, -0.05) is 148 Å². The quantitative estimate of drug-likeness (QED) is 0.0204. The third-order valence-corrected chi connectivity index (χ3v) is 9.75. The number of ether oxygens (including phenoxy) is 2. The summed E-state index contributed by atoms with van der Waals surface area (Å²) in [5.41, 5.74) is 0. The van der Waals surface area contributed by atoms with Crippen LogP contribution in [0.3, 0.4) is 0 Å². The first kappa shape index (κ1) is 48.8. The summed E-state index contributed by atoms with van der Waals surface area (Å²) in [6, 6.07) is 0. The van der Waals surface area contributed by atoms with Crippen LogP contribution in [0.5, 0.6) is 0 Å². The van der Waals surface area contributed by atoms with E-state index in [-0.39, 0.29) is 32.0 Å². The molecule has 1 unspecified atom stereocenters. The molecule has 0 aromatic heterocycles. The van der Waals surface area contributed by atoms with Crippen molar-refractivity contribution in [2.45, 2.75) is 187 Å². The van der Waals surface area contributed by atoms with E-state index in [0.29, 0.717) is 17.4 Å². The van der Waals surface area contributed by atoms with Crippen molar-refractivity contribution in [3.63, 3.8) is 0 Å². The van der Waals surface area contributed by atoms with Crippen LogP contribution >= 0.6 is 7.82 Å². The molecule has 296 valence electrons. The van der Waals surface area contributed by atoms with Gasteiger partial charge in [0.1, 0.15) is 19.8 Å².